The SMILES string of the molecule is O=C(O)c1ccc([N+](=O)[O-])cc1NC(C1CC1)C1CC1. The summed E-state index contributed by atoms with van der Waals surface area (Å²) in [4.78, 5) is 21.6. The van der Waals surface area contributed by atoms with Crippen LogP contribution in [0.4, 0.5) is 11.4 Å². The first-order valence-electron chi connectivity index (χ1n) is 6.84. The molecule has 1 aromatic rings. The Labute approximate surface area is 115 Å². The van der Waals surface area contributed by atoms with Crippen LogP contribution in [0.2, 0.25) is 0 Å². The zero-order chi connectivity index (χ0) is 14.3. The number of non-ortho nitro benzene ring substituents is 1. The van der Waals surface area contributed by atoms with E-state index >= 15 is 0 Å². The van der Waals surface area contributed by atoms with Crippen molar-refractivity contribution in [2.75, 3.05) is 5.32 Å². The number of nitrogens with one attached hydrogen (secondary N) is 1. The van der Waals surface area contributed by atoms with E-state index in [1.54, 1.807) is 0 Å². The van der Waals surface area contributed by atoms with Crippen molar-refractivity contribution >= 4 is 17.3 Å². The second-order valence-corrected chi connectivity index (χ2v) is 5.64. The van der Waals surface area contributed by atoms with Crippen LogP contribution in [-0.4, -0.2) is 22.0 Å². The maximum Gasteiger partial charge on any atom is 0.337 e. The number of carboxylic acids is 1. The molecule has 3 rings (SSSR count). The summed E-state index contributed by atoms with van der Waals surface area (Å²) in [6.45, 7) is 0. The number of benzene rings is 1. The zero-order valence-electron chi connectivity index (χ0n) is 10.9. The minimum Gasteiger partial charge on any atom is -0.478 e. The molecular formula is C14H16N2O4. The molecule has 106 valence electrons. The van der Waals surface area contributed by atoms with Gasteiger partial charge in [-0.1, -0.05) is 0 Å². The van der Waals surface area contributed by atoms with Crippen LogP contribution in [0.3, 0.4) is 0 Å². The molecule has 2 saturated carbocycles. The van der Waals surface area contributed by atoms with E-state index in [1.807, 2.05) is 0 Å². The highest BCUT2D eigenvalue weighted by Crippen LogP contribution is 2.46. The van der Waals surface area contributed by atoms with Crippen molar-refractivity contribution in [3.63, 3.8) is 0 Å². The van der Waals surface area contributed by atoms with Gasteiger partial charge in [-0.2, -0.15) is 0 Å². The standard InChI is InChI=1S/C14H16N2O4/c17-14(18)11-6-5-10(16(19)20)7-12(11)15-13(8-1-2-8)9-3-4-9/h5-9,13,15H,1-4H2,(H,17,18). The summed E-state index contributed by atoms with van der Waals surface area (Å²) < 4.78 is 0. The van der Waals surface area contributed by atoms with Gasteiger partial charge in [0.1, 0.15) is 0 Å². The quantitative estimate of drug-likeness (QED) is 0.615. The molecule has 0 saturated heterocycles. The lowest BCUT2D eigenvalue weighted by Crippen LogP contribution is -2.25. The van der Waals surface area contributed by atoms with E-state index in [1.165, 1.54) is 18.2 Å². The summed E-state index contributed by atoms with van der Waals surface area (Å²) in [6, 6.07) is 4.13. The van der Waals surface area contributed by atoms with E-state index in [0.29, 0.717) is 17.5 Å². The predicted octanol–water partition coefficient (Wildman–Crippen LogP) is 2.89. The lowest BCUT2D eigenvalue weighted by molar-refractivity contribution is -0.384. The molecule has 2 N–H and O–H groups in total. The molecule has 2 aliphatic carbocycles. The number of aromatic carboxylic acids is 1. The molecule has 0 aromatic heterocycles. The van der Waals surface area contributed by atoms with Crippen LogP contribution in [-0.2, 0) is 0 Å². The third kappa shape index (κ3) is 2.59. The maximum absolute atomic E-state index is 11.2. The molecule has 0 aliphatic heterocycles. The van der Waals surface area contributed by atoms with Gasteiger partial charge in [-0.15, -0.1) is 0 Å². The van der Waals surface area contributed by atoms with Gasteiger partial charge in [0, 0.05) is 18.2 Å². The van der Waals surface area contributed by atoms with Crippen LogP contribution in [0.1, 0.15) is 36.0 Å². The van der Waals surface area contributed by atoms with Crippen LogP contribution in [0.25, 0.3) is 0 Å². The molecule has 0 radical (unpaired) electrons. The molecule has 0 unspecified atom stereocenters. The number of anilines is 1. The monoisotopic (exact) mass is 276 g/mol. The largest absolute Gasteiger partial charge is 0.478 e. The normalized spacial score (nSPS) is 18.1. The van der Waals surface area contributed by atoms with Crippen LogP contribution in [0.5, 0.6) is 0 Å². The van der Waals surface area contributed by atoms with Crippen molar-refractivity contribution < 1.29 is 14.8 Å². The second kappa shape index (κ2) is 4.77. The molecule has 0 bridgehead atoms. The number of nitro groups is 1. The molecule has 0 amide bonds. The molecule has 6 heteroatoms. The predicted molar refractivity (Wildman–Crippen MR) is 72.9 cm³/mol. The molecule has 0 spiro atoms. The van der Waals surface area contributed by atoms with Crippen molar-refractivity contribution in [2.45, 2.75) is 31.7 Å². The Morgan fingerprint density at radius 3 is 2.35 bits per heavy atom. The molecule has 2 aliphatic rings. The number of nitrogens with zero attached hydrogens (tertiary/aromatic N) is 1. The van der Waals surface area contributed by atoms with Crippen molar-refractivity contribution in [2.24, 2.45) is 11.8 Å². The highest BCUT2D eigenvalue weighted by atomic mass is 16.6. The van der Waals surface area contributed by atoms with Crippen molar-refractivity contribution in [1.29, 1.82) is 0 Å². The fourth-order valence-electron chi connectivity index (χ4n) is 2.66. The van der Waals surface area contributed by atoms with Gasteiger partial charge in [-0.25, -0.2) is 4.79 Å². The lowest BCUT2D eigenvalue weighted by atomic mass is 10.1. The minimum absolute atomic E-state index is 0.0807. The average Bonchev–Trinajstić information content (AvgIpc) is 3.28. The molecule has 2 fully saturated rings. The zero-order valence-corrected chi connectivity index (χ0v) is 10.9. The Morgan fingerprint density at radius 2 is 1.90 bits per heavy atom. The summed E-state index contributed by atoms with van der Waals surface area (Å²) in [5, 5.41) is 23.3. The summed E-state index contributed by atoms with van der Waals surface area (Å²) in [7, 11) is 0. The van der Waals surface area contributed by atoms with E-state index in [2.05, 4.69) is 5.32 Å². The molecule has 20 heavy (non-hydrogen) atoms. The second-order valence-electron chi connectivity index (χ2n) is 5.64. The number of hydrogen-bond acceptors (Lipinski definition) is 4. The van der Waals surface area contributed by atoms with Crippen LogP contribution in [0.15, 0.2) is 18.2 Å². The summed E-state index contributed by atoms with van der Waals surface area (Å²) >= 11 is 0. The summed E-state index contributed by atoms with van der Waals surface area (Å²) in [5.41, 5.74) is 0.389. The molecule has 6 nitrogen and oxygen atoms in total. The fraction of sp³-hybridized carbons (Fsp3) is 0.500. The highest BCUT2D eigenvalue weighted by Gasteiger charge is 2.41. The highest BCUT2D eigenvalue weighted by molar-refractivity contribution is 5.94. The van der Waals surface area contributed by atoms with E-state index in [-0.39, 0.29) is 17.3 Å². The van der Waals surface area contributed by atoms with Gasteiger partial charge in [0.25, 0.3) is 5.69 Å². The van der Waals surface area contributed by atoms with Gasteiger partial charge in [0.15, 0.2) is 0 Å². The van der Waals surface area contributed by atoms with Gasteiger partial charge in [0.2, 0.25) is 0 Å². The van der Waals surface area contributed by atoms with E-state index in [0.717, 1.165) is 25.7 Å². The number of nitro benzene ring substituents is 1. The van der Waals surface area contributed by atoms with Crippen molar-refractivity contribution in [3.05, 3.63) is 33.9 Å². The van der Waals surface area contributed by atoms with Gasteiger partial charge >= 0.3 is 5.97 Å². The molecule has 1 aromatic carbocycles. The molecule has 0 atom stereocenters. The fourth-order valence-corrected chi connectivity index (χ4v) is 2.66. The Bertz CT molecular complexity index is 552. The number of carbonyl (C=O) groups is 1. The first-order chi connectivity index (χ1) is 9.56. The average molecular weight is 276 g/mol. The van der Waals surface area contributed by atoms with Gasteiger partial charge in [-0.3, -0.25) is 10.1 Å². The van der Waals surface area contributed by atoms with Gasteiger partial charge in [0.05, 0.1) is 16.2 Å². The van der Waals surface area contributed by atoms with Crippen molar-refractivity contribution in [1.82, 2.24) is 0 Å². The van der Waals surface area contributed by atoms with Crippen molar-refractivity contribution in [3.8, 4) is 0 Å². The van der Waals surface area contributed by atoms with Gasteiger partial charge in [-0.05, 0) is 43.6 Å². The number of carboxylic acid groups (broad SMARTS) is 1. The topological polar surface area (TPSA) is 92.5 Å². The summed E-state index contributed by atoms with van der Waals surface area (Å²) in [6.07, 6.45) is 4.63. The van der Waals surface area contributed by atoms with Crippen LogP contribution in [0, 0.1) is 22.0 Å². The Morgan fingerprint density at radius 1 is 1.30 bits per heavy atom. The Balaban J connectivity index is 1.90. The van der Waals surface area contributed by atoms with Crippen LogP contribution >= 0.6 is 0 Å². The minimum atomic E-state index is -1.06. The third-order valence-corrected chi connectivity index (χ3v) is 4.03. The van der Waals surface area contributed by atoms with E-state index < -0.39 is 10.9 Å². The van der Waals surface area contributed by atoms with Gasteiger partial charge < -0.3 is 10.4 Å². The Hall–Kier alpha value is -2.11. The Kier molecular flexibility index (Phi) is 3.08. The first kappa shape index (κ1) is 12.9. The lowest BCUT2D eigenvalue weighted by Gasteiger charge is -2.20. The van der Waals surface area contributed by atoms with E-state index in [9.17, 15) is 20.0 Å². The molecule has 0 heterocycles. The summed E-state index contributed by atoms with van der Waals surface area (Å²) in [5.74, 6) is 0.111. The maximum atomic E-state index is 11.2. The van der Waals surface area contributed by atoms with E-state index in [4.69, 9.17) is 0 Å². The third-order valence-electron chi connectivity index (χ3n) is 4.03. The first-order valence-corrected chi connectivity index (χ1v) is 6.84. The number of hydrogen-bond donors (Lipinski definition) is 2. The molecular weight excluding hydrogens is 260 g/mol. The smallest absolute Gasteiger partial charge is 0.337 e. The number of rotatable bonds is 6. The van der Waals surface area contributed by atoms with Crippen LogP contribution < -0.4 is 5.32 Å².